The van der Waals surface area contributed by atoms with E-state index in [0.717, 1.165) is 12.3 Å². The molecule has 2 heteroatoms. The van der Waals surface area contributed by atoms with Crippen LogP contribution in [0.25, 0.3) is 0 Å². The van der Waals surface area contributed by atoms with Gasteiger partial charge in [0.05, 0.1) is 6.42 Å². The first-order chi connectivity index (χ1) is 7.81. The fourth-order valence-electron chi connectivity index (χ4n) is 3.36. The minimum absolute atomic E-state index is 0.0915. The number of carbonyl (C=O) groups is 1. The molecule has 2 saturated carbocycles. The molecule has 0 N–H and O–H groups in total. The highest BCUT2D eigenvalue weighted by atomic mass is 16.5. The van der Waals surface area contributed by atoms with E-state index in [4.69, 9.17) is 4.74 Å². The number of esters is 1. The van der Waals surface area contributed by atoms with Gasteiger partial charge in [0.1, 0.15) is 6.10 Å². The van der Waals surface area contributed by atoms with Crippen molar-refractivity contribution in [2.24, 2.45) is 11.8 Å². The molecule has 90 valence electrons. The molecule has 0 heterocycles. The third kappa shape index (κ3) is 2.66. The first-order valence-electron chi connectivity index (χ1n) is 6.61. The lowest BCUT2D eigenvalue weighted by Gasteiger charge is -2.40. The van der Waals surface area contributed by atoms with E-state index in [-0.39, 0.29) is 12.1 Å². The van der Waals surface area contributed by atoms with Gasteiger partial charge in [0, 0.05) is 0 Å². The maximum Gasteiger partial charge on any atom is 0.309 e. The summed E-state index contributed by atoms with van der Waals surface area (Å²) in [6, 6.07) is 0. The minimum Gasteiger partial charge on any atom is -0.462 e. The molecule has 0 amide bonds. The lowest BCUT2D eigenvalue weighted by Crippen LogP contribution is -2.37. The van der Waals surface area contributed by atoms with Gasteiger partial charge in [-0.25, -0.2) is 0 Å². The van der Waals surface area contributed by atoms with E-state index < -0.39 is 0 Å². The summed E-state index contributed by atoms with van der Waals surface area (Å²) in [5.74, 6) is 1.38. The molecule has 3 unspecified atom stereocenters. The minimum atomic E-state index is -0.0915. The molecule has 16 heavy (non-hydrogen) atoms. The van der Waals surface area contributed by atoms with Crippen LogP contribution in [0.3, 0.4) is 0 Å². The number of carbonyl (C=O) groups excluding carboxylic acids is 1. The van der Waals surface area contributed by atoms with Gasteiger partial charge < -0.3 is 4.74 Å². The summed E-state index contributed by atoms with van der Waals surface area (Å²) in [6.07, 6.45) is 11.1. The predicted molar refractivity (Wildman–Crippen MR) is 64.0 cm³/mol. The normalized spacial score (nSPS) is 33.9. The van der Waals surface area contributed by atoms with E-state index in [2.05, 4.69) is 6.58 Å². The Balaban J connectivity index is 1.91. The lowest BCUT2D eigenvalue weighted by molar-refractivity contribution is -0.155. The van der Waals surface area contributed by atoms with Crippen molar-refractivity contribution in [2.75, 3.05) is 0 Å². The Labute approximate surface area is 98.1 Å². The molecule has 2 fully saturated rings. The van der Waals surface area contributed by atoms with E-state index >= 15 is 0 Å². The van der Waals surface area contributed by atoms with Crippen LogP contribution in [0, 0.1) is 11.8 Å². The molecule has 3 atom stereocenters. The molecule has 0 radical (unpaired) electrons. The average Bonchev–Trinajstić information content (AvgIpc) is 2.30. The van der Waals surface area contributed by atoms with Crippen molar-refractivity contribution in [2.45, 2.75) is 57.5 Å². The zero-order valence-corrected chi connectivity index (χ0v) is 9.99. The van der Waals surface area contributed by atoms with Crippen molar-refractivity contribution in [1.82, 2.24) is 0 Å². The second kappa shape index (κ2) is 5.51. The van der Waals surface area contributed by atoms with Gasteiger partial charge in [0.25, 0.3) is 0 Å². The standard InChI is InChI=1S/C14H22O2/c1-2-6-14(15)16-13-10-5-8-11-7-3-4-9-12(11)13/h2,11-13H,1,3-10H2. The molecule has 0 aromatic heterocycles. The Morgan fingerprint density at radius 2 is 1.94 bits per heavy atom. The number of ether oxygens (including phenoxy) is 1. The maximum atomic E-state index is 11.5. The highest BCUT2D eigenvalue weighted by Crippen LogP contribution is 2.41. The van der Waals surface area contributed by atoms with Crippen LogP contribution >= 0.6 is 0 Å². The molecule has 2 nitrogen and oxygen atoms in total. The first kappa shape index (κ1) is 11.7. The Morgan fingerprint density at radius 3 is 2.75 bits per heavy atom. The van der Waals surface area contributed by atoms with Crippen LogP contribution in [0.4, 0.5) is 0 Å². The number of fused-ring (bicyclic) bond motifs is 1. The average molecular weight is 222 g/mol. The molecule has 0 saturated heterocycles. The van der Waals surface area contributed by atoms with E-state index in [1.54, 1.807) is 6.08 Å². The Kier molecular flexibility index (Phi) is 4.03. The topological polar surface area (TPSA) is 26.3 Å². The summed E-state index contributed by atoms with van der Waals surface area (Å²) < 4.78 is 5.59. The molecule has 0 aromatic rings. The number of hydrogen-bond acceptors (Lipinski definition) is 2. The fraction of sp³-hybridized carbons (Fsp3) is 0.786. The summed E-state index contributed by atoms with van der Waals surface area (Å²) in [6.45, 7) is 3.57. The quantitative estimate of drug-likeness (QED) is 0.540. The van der Waals surface area contributed by atoms with Crippen molar-refractivity contribution in [3.8, 4) is 0 Å². The molecule has 0 aromatic carbocycles. The van der Waals surface area contributed by atoms with Crippen molar-refractivity contribution in [3.63, 3.8) is 0 Å². The van der Waals surface area contributed by atoms with Gasteiger partial charge >= 0.3 is 5.97 Å². The van der Waals surface area contributed by atoms with Gasteiger partial charge in [-0.05, 0) is 37.5 Å². The maximum absolute atomic E-state index is 11.5. The third-order valence-electron chi connectivity index (χ3n) is 4.10. The molecular weight excluding hydrogens is 200 g/mol. The highest BCUT2D eigenvalue weighted by molar-refractivity contribution is 5.71. The van der Waals surface area contributed by atoms with E-state index in [1.807, 2.05) is 0 Å². The smallest absolute Gasteiger partial charge is 0.309 e. The van der Waals surface area contributed by atoms with E-state index in [9.17, 15) is 4.79 Å². The Morgan fingerprint density at radius 1 is 1.19 bits per heavy atom. The van der Waals surface area contributed by atoms with Gasteiger partial charge in [-0.1, -0.05) is 25.3 Å². The summed E-state index contributed by atoms with van der Waals surface area (Å²) in [5.41, 5.74) is 0. The third-order valence-corrected chi connectivity index (χ3v) is 4.10. The molecule has 2 aliphatic carbocycles. The summed E-state index contributed by atoms with van der Waals surface area (Å²) in [4.78, 5) is 11.5. The molecule has 0 bridgehead atoms. The van der Waals surface area contributed by atoms with Crippen LogP contribution in [-0.4, -0.2) is 12.1 Å². The van der Waals surface area contributed by atoms with Crippen molar-refractivity contribution in [3.05, 3.63) is 12.7 Å². The number of hydrogen-bond donors (Lipinski definition) is 0. The van der Waals surface area contributed by atoms with Crippen molar-refractivity contribution in [1.29, 1.82) is 0 Å². The summed E-state index contributed by atoms with van der Waals surface area (Å²) >= 11 is 0. The van der Waals surface area contributed by atoms with Crippen LogP contribution in [-0.2, 0) is 9.53 Å². The summed E-state index contributed by atoms with van der Waals surface area (Å²) in [5, 5.41) is 0. The van der Waals surface area contributed by atoms with Crippen LogP contribution in [0.1, 0.15) is 51.4 Å². The summed E-state index contributed by atoms with van der Waals surface area (Å²) in [7, 11) is 0. The zero-order valence-electron chi connectivity index (χ0n) is 9.99. The molecule has 2 aliphatic rings. The highest BCUT2D eigenvalue weighted by Gasteiger charge is 2.36. The molecule has 0 aliphatic heterocycles. The van der Waals surface area contributed by atoms with Crippen LogP contribution in [0.15, 0.2) is 12.7 Å². The monoisotopic (exact) mass is 222 g/mol. The van der Waals surface area contributed by atoms with Gasteiger partial charge in [-0.2, -0.15) is 0 Å². The zero-order chi connectivity index (χ0) is 11.4. The van der Waals surface area contributed by atoms with Gasteiger partial charge in [-0.15, -0.1) is 6.58 Å². The Bertz CT molecular complexity index is 257. The van der Waals surface area contributed by atoms with E-state index in [0.29, 0.717) is 12.3 Å². The fourth-order valence-corrected chi connectivity index (χ4v) is 3.36. The van der Waals surface area contributed by atoms with Crippen LogP contribution < -0.4 is 0 Å². The SMILES string of the molecule is C=CCC(=O)OC1CCCC2CCCCC21. The molecule has 0 spiro atoms. The van der Waals surface area contributed by atoms with Gasteiger partial charge in [-0.3, -0.25) is 4.79 Å². The van der Waals surface area contributed by atoms with E-state index in [1.165, 1.54) is 38.5 Å². The Hall–Kier alpha value is -0.790. The van der Waals surface area contributed by atoms with Crippen LogP contribution in [0.5, 0.6) is 0 Å². The predicted octanol–water partition coefficient (Wildman–Crippen LogP) is 3.46. The number of rotatable bonds is 3. The molecule has 2 rings (SSSR count). The first-order valence-corrected chi connectivity index (χ1v) is 6.61. The van der Waals surface area contributed by atoms with Gasteiger partial charge in [0.15, 0.2) is 0 Å². The van der Waals surface area contributed by atoms with Crippen LogP contribution in [0.2, 0.25) is 0 Å². The largest absolute Gasteiger partial charge is 0.462 e. The lowest BCUT2D eigenvalue weighted by atomic mass is 9.69. The van der Waals surface area contributed by atoms with Crippen molar-refractivity contribution < 1.29 is 9.53 Å². The van der Waals surface area contributed by atoms with Crippen molar-refractivity contribution >= 4 is 5.97 Å². The van der Waals surface area contributed by atoms with Gasteiger partial charge in [0.2, 0.25) is 0 Å². The molecular formula is C14H22O2. The second-order valence-corrected chi connectivity index (χ2v) is 5.16. The second-order valence-electron chi connectivity index (χ2n) is 5.16.